The van der Waals surface area contributed by atoms with E-state index >= 15 is 0 Å². The Morgan fingerprint density at radius 3 is 2.87 bits per heavy atom. The molecule has 1 saturated heterocycles. The Hall–Kier alpha value is -2.55. The third-order valence-electron chi connectivity index (χ3n) is 4.17. The second-order valence-electron chi connectivity index (χ2n) is 6.02. The maximum absolute atomic E-state index is 12.6. The molecule has 0 spiro atoms. The number of thiazole rings is 1. The summed E-state index contributed by atoms with van der Waals surface area (Å²) >= 11 is 3.83. The van der Waals surface area contributed by atoms with Crippen LogP contribution in [0, 0.1) is 0 Å². The Balaban J connectivity index is 1.74. The largest absolute Gasteiger partial charge is 0.477 e. The van der Waals surface area contributed by atoms with Gasteiger partial charge in [-0.1, -0.05) is 5.16 Å². The maximum atomic E-state index is 12.6. The molecule has 30 heavy (non-hydrogen) atoms. The molecule has 2 atom stereocenters. The number of thioether (sulfide) groups is 2. The van der Waals surface area contributed by atoms with Crippen molar-refractivity contribution >= 4 is 63.5 Å². The van der Waals surface area contributed by atoms with Crippen LogP contribution in [0.25, 0.3) is 0 Å². The van der Waals surface area contributed by atoms with Gasteiger partial charge in [0, 0.05) is 23.4 Å². The number of allylic oxidation sites excluding steroid dienone is 1. The highest BCUT2D eigenvalue weighted by atomic mass is 32.2. The molecular formula is C16H18N6O5S3. The van der Waals surface area contributed by atoms with Crippen LogP contribution in [0.3, 0.4) is 0 Å². The van der Waals surface area contributed by atoms with Gasteiger partial charge >= 0.3 is 5.97 Å². The molecule has 0 radical (unpaired) electrons. The summed E-state index contributed by atoms with van der Waals surface area (Å²) in [5, 5.41) is 27.0. The van der Waals surface area contributed by atoms with Crippen molar-refractivity contribution in [3.8, 4) is 0 Å². The molecule has 2 aliphatic rings. The minimum atomic E-state index is -1.22. The first kappa shape index (κ1) is 22.1. The molecule has 14 heteroatoms. The number of aromatic nitrogens is 1. The molecule has 1 aromatic heterocycles. The van der Waals surface area contributed by atoms with Crippen LogP contribution in [0.2, 0.25) is 0 Å². The molecule has 0 saturated carbocycles. The zero-order valence-corrected chi connectivity index (χ0v) is 17.8. The molecule has 0 aromatic carbocycles. The average Bonchev–Trinajstić information content (AvgIpc) is 3.15. The summed E-state index contributed by atoms with van der Waals surface area (Å²) < 4.78 is 0. The Bertz CT molecular complexity index is 959. The van der Waals surface area contributed by atoms with Gasteiger partial charge in [-0.3, -0.25) is 14.5 Å². The number of nitrogens with one attached hydrogen (secondary N) is 1. The lowest BCUT2D eigenvalue weighted by molar-refractivity contribution is -0.150. The summed E-state index contributed by atoms with van der Waals surface area (Å²) in [5.74, 6) is -1.55. The minimum Gasteiger partial charge on any atom is -0.477 e. The first-order valence-corrected chi connectivity index (χ1v) is 11.5. The van der Waals surface area contributed by atoms with Crippen LogP contribution in [0.4, 0.5) is 5.13 Å². The predicted molar refractivity (Wildman–Crippen MR) is 115 cm³/mol. The van der Waals surface area contributed by atoms with E-state index in [9.17, 15) is 24.7 Å². The van der Waals surface area contributed by atoms with E-state index in [0.717, 1.165) is 16.2 Å². The van der Waals surface area contributed by atoms with E-state index in [-0.39, 0.29) is 22.2 Å². The zero-order valence-electron chi connectivity index (χ0n) is 15.3. The van der Waals surface area contributed by atoms with E-state index in [1.165, 1.54) is 28.9 Å². The van der Waals surface area contributed by atoms with E-state index in [0.29, 0.717) is 23.6 Å². The topological polar surface area (TPSA) is 184 Å². The van der Waals surface area contributed by atoms with Crippen molar-refractivity contribution in [1.29, 1.82) is 0 Å². The van der Waals surface area contributed by atoms with Gasteiger partial charge in [-0.2, -0.15) is 0 Å². The number of fused-ring (bicyclic) bond motifs is 1. The van der Waals surface area contributed by atoms with Gasteiger partial charge in [-0.05, 0) is 17.1 Å². The lowest BCUT2D eigenvalue weighted by Gasteiger charge is -2.49. The first-order chi connectivity index (χ1) is 14.4. The number of hydrogen-bond donors (Lipinski definition) is 5. The zero-order chi connectivity index (χ0) is 21.8. The number of oxime groups is 1. The molecule has 1 aromatic rings. The van der Waals surface area contributed by atoms with E-state index in [4.69, 9.17) is 11.5 Å². The lowest BCUT2D eigenvalue weighted by Crippen LogP contribution is -2.71. The Morgan fingerprint density at radius 2 is 2.27 bits per heavy atom. The molecule has 1 fully saturated rings. The summed E-state index contributed by atoms with van der Waals surface area (Å²) in [6, 6.07) is -0.957. The van der Waals surface area contributed by atoms with Crippen molar-refractivity contribution in [2.45, 2.75) is 11.4 Å². The number of nitrogens with two attached hydrogens (primary N) is 2. The SMILES string of the molecule is NCCS/C=C/C1=C(C(=O)O)N2C(=O)[C@@H](NC(=O)C(=NO)c3csc(N)n3)[C@H]2SC1. The standard InChI is InChI=1S/C16H18N6O5S3/c17-2-4-28-3-1-7-5-29-14-10(13(24)22(14)11(7)15(25)26)20-12(23)9(21-27)8-6-30-16(18)19-8/h1,3,6,10,14,27H,2,4-5,17H2,(H2,18,19)(H,20,23)(H,25,26)/b3-1+,21-9?/t10-,14-/m1/s1. The van der Waals surface area contributed by atoms with Crippen LogP contribution in [-0.2, 0) is 14.4 Å². The number of carbonyl (C=O) groups is 3. The minimum absolute atomic E-state index is 0.0750. The molecular weight excluding hydrogens is 452 g/mol. The predicted octanol–water partition coefficient (Wildman–Crippen LogP) is -0.152. The smallest absolute Gasteiger partial charge is 0.352 e. The van der Waals surface area contributed by atoms with Gasteiger partial charge in [0.15, 0.2) is 10.8 Å². The first-order valence-electron chi connectivity index (χ1n) is 8.52. The van der Waals surface area contributed by atoms with Crippen molar-refractivity contribution in [3.05, 3.63) is 33.8 Å². The molecule has 0 bridgehead atoms. The molecule has 0 unspecified atom stereocenters. The summed E-state index contributed by atoms with van der Waals surface area (Å²) in [6.45, 7) is 0.495. The molecule has 3 rings (SSSR count). The second-order valence-corrected chi connectivity index (χ2v) is 9.03. The monoisotopic (exact) mass is 470 g/mol. The number of nitrogens with zero attached hydrogens (tertiary/aromatic N) is 3. The van der Waals surface area contributed by atoms with Gasteiger partial charge in [-0.25, -0.2) is 9.78 Å². The molecule has 3 heterocycles. The van der Waals surface area contributed by atoms with Crippen LogP contribution in [0.5, 0.6) is 0 Å². The Kier molecular flexibility index (Phi) is 7.02. The number of nitrogen functional groups attached to an aromatic ring is 1. The van der Waals surface area contributed by atoms with Crippen LogP contribution < -0.4 is 16.8 Å². The van der Waals surface area contributed by atoms with Gasteiger partial charge in [-0.15, -0.1) is 34.9 Å². The molecule has 7 N–H and O–H groups in total. The lowest BCUT2D eigenvalue weighted by atomic mass is 10.0. The fourth-order valence-electron chi connectivity index (χ4n) is 2.86. The summed E-state index contributed by atoms with van der Waals surface area (Å²) in [5.41, 5.74) is 11.0. The highest BCUT2D eigenvalue weighted by Crippen LogP contribution is 2.40. The van der Waals surface area contributed by atoms with E-state index in [1.54, 1.807) is 11.5 Å². The number of aliphatic carboxylic acids is 1. The molecule has 11 nitrogen and oxygen atoms in total. The number of hydrogen-bond acceptors (Lipinski definition) is 11. The number of amides is 2. The average molecular weight is 471 g/mol. The fourth-order valence-corrected chi connectivity index (χ4v) is 5.26. The molecule has 2 amide bonds. The van der Waals surface area contributed by atoms with Crippen molar-refractivity contribution in [3.63, 3.8) is 0 Å². The number of carboxylic acid groups (broad SMARTS) is 1. The Labute approximate surface area is 183 Å². The van der Waals surface area contributed by atoms with E-state index < -0.39 is 29.2 Å². The van der Waals surface area contributed by atoms with Crippen LogP contribution in [0.1, 0.15) is 5.69 Å². The summed E-state index contributed by atoms with van der Waals surface area (Å²) in [6.07, 6.45) is 1.66. The number of β-lactam (4-membered cyclic amide) rings is 1. The number of carbonyl (C=O) groups excluding carboxylic acids is 2. The molecule has 0 aliphatic carbocycles. The van der Waals surface area contributed by atoms with Gasteiger partial charge in [0.25, 0.3) is 11.8 Å². The van der Waals surface area contributed by atoms with Gasteiger partial charge < -0.3 is 27.1 Å². The summed E-state index contributed by atoms with van der Waals surface area (Å²) in [4.78, 5) is 41.9. The molecule has 2 aliphatic heterocycles. The van der Waals surface area contributed by atoms with Crippen LogP contribution >= 0.6 is 34.9 Å². The highest BCUT2D eigenvalue weighted by Gasteiger charge is 2.54. The number of rotatable bonds is 8. The number of carboxylic acids is 1. The second kappa shape index (κ2) is 9.51. The van der Waals surface area contributed by atoms with Crippen molar-refractivity contribution in [1.82, 2.24) is 15.2 Å². The summed E-state index contributed by atoms with van der Waals surface area (Å²) in [7, 11) is 0. The van der Waals surface area contributed by atoms with Gasteiger partial charge in [0.2, 0.25) is 0 Å². The Morgan fingerprint density at radius 1 is 1.50 bits per heavy atom. The number of anilines is 1. The van der Waals surface area contributed by atoms with Crippen molar-refractivity contribution in [2.75, 3.05) is 23.8 Å². The fraction of sp³-hybridized carbons (Fsp3) is 0.312. The van der Waals surface area contributed by atoms with E-state index in [1.807, 2.05) is 0 Å². The van der Waals surface area contributed by atoms with Gasteiger partial charge in [0.1, 0.15) is 22.8 Å². The van der Waals surface area contributed by atoms with Gasteiger partial charge in [0.05, 0.1) is 0 Å². The third-order valence-corrected chi connectivity index (χ3v) is 6.94. The van der Waals surface area contributed by atoms with Crippen molar-refractivity contribution in [2.24, 2.45) is 10.9 Å². The van der Waals surface area contributed by atoms with Crippen molar-refractivity contribution < 1.29 is 24.7 Å². The normalized spacial score (nSPS) is 21.6. The van der Waals surface area contributed by atoms with Crippen LogP contribution in [-0.4, -0.2) is 73.2 Å². The highest BCUT2D eigenvalue weighted by molar-refractivity contribution is 8.02. The maximum Gasteiger partial charge on any atom is 0.352 e. The third kappa shape index (κ3) is 4.30. The quantitative estimate of drug-likeness (QED) is 0.112. The van der Waals surface area contributed by atoms with Crippen LogP contribution in [0.15, 0.2) is 33.3 Å². The van der Waals surface area contributed by atoms with E-state index in [2.05, 4.69) is 15.5 Å². The molecule has 160 valence electrons.